The van der Waals surface area contributed by atoms with E-state index in [1.807, 2.05) is 4.90 Å². The molecule has 0 radical (unpaired) electrons. The standard InChI is InChI=1S/C16H23N5O4/c1-12(22)20-2-3-21(11-13(23)10-20)15-9-17-8-14(18-15)16(24)19-4-6-25-7-5-19/h8-9,13,23H,2-7,10-11H2,1H3. The van der Waals surface area contributed by atoms with E-state index in [1.54, 1.807) is 16.0 Å². The molecule has 1 aromatic rings. The van der Waals surface area contributed by atoms with Crippen LogP contribution in [0.4, 0.5) is 5.82 Å². The summed E-state index contributed by atoms with van der Waals surface area (Å²) in [6.07, 6.45) is 2.36. The number of β-amino-alcohol motifs (C(OH)–C–C–N with tert-alkyl or cyclic N) is 1. The number of rotatable bonds is 2. The lowest BCUT2D eigenvalue weighted by Crippen LogP contribution is -2.41. The third-order valence-corrected chi connectivity index (χ3v) is 4.41. The highest BCUT2D eigenvalue weighted by molar-refractivity contribution is 5.92. The number of amides is 2. The van der Waals surface area contributed by atoms with E-state index >= 15 is 0 Å². The summed E-state index contributed by atoms with van der Waals surface area (Å²) in [5, 5.41) is 10.1. The first-order valence-corrected chi connectivity index (χ1v) is 8.42. The van der Waals surface area contributed by atoms with Gasteiger partial charge in [-0.1, -0.05) is 0 Å². The Kier molecular flexibility index (Phi) is 5.44. The number of nitrogens with zero attached hydrogens (tertiary/aromatic N) is 5. The molecule has 3 rings (SSSR count). The monoisotopic (exact) mass is 349 g/mol. The van der Waals surface area contributed by atoms with Crippen LogP contribution in [0.5, 0.6) is 0 Å². The van der Waals surface area contributed by atoms with Gasteiger partial charge in [0, 0.05) is 46.2 Å². The van der Waals surface area contributed by atoms with Crippen LogP contribution in [0, 0.1) is 0 Å². The summed E-state index contributed by atoms with van der Waals surface area (Å²) < 4.78 is 5.26. The quantitative estimate of drug-likeness (QED) is 0.729. The number of morpholine rings is 1. The van der Waals surface area contributed by atoms with E-state index in [-0.39, 0.29) is 17.5 Å². The number of ether oxygens (including phenoxy) is 1. The summed E-state index contributed by atoms with van der Waals surface area (Å²) in [6, 6.07) is 0. The van der Waals surface area contributed by atoms with Crippen molar-refractivity contribution in [1.29, 1.82) is 0 Å². The Labute approximate surface area is 146 Å². The van der Waals surface area contributed by atoms with Crippen LogP contribution in [0.25, 0.3) is 0 Å². The smallest absolute Gasteiger partial charge is 0.274 e. The average Bonchev–Trinajstić information content (AvgIpc) is 2.84. The van der Waals surface area contributed by atoms with Gasteiger partial charge in [-0.05, 0) is 0 Å². The fraction of sp³-hybridized carbons (Fsp3) is 0.625. The van der Waals surface area contributed by atoms with Gasteiger partial charge in [-0.15, -0.1) is 0 Å². The zero-order valence-electron chi connectivity index (χ0n) is 14.3. The van der Waals surface area contributed by atoms with Gasteiger partial charge in [0.25, 0.3) is 5.91 Å². The zero-order chi connectivity index (χ0) is 17.8. The minimum Gasteiger partial charge on any atom is -0.389 e. The van der Waals surface area contributed by atoms with Crippen molar-refractivity contribution in [2.24, 2.45) is 0 Å². The minimum absolute atomic E-state index is 0.0665. The van der Waals surface area contributed by atoms with Crippen LogP contribution in [-0.2, 0) is 9.53 Å². The van der Waals surface area contributed by atoms with E-state index in [0.717, 1.165) is 0 Å². The number of hydrogen-bond donors (Lipinski definition) is 1. The highest BCUT2D eigenvalue weighted by Gasteiger charge is 2.25. The lowest BCUT2D eigenvalue weighted by Gasteiger charge is -2.27. The van der Waals surface area contributed by atoms with Crippen LogP contribution < -0.4 is 4.90 Å². The largest absolute Gasteiger partial charge is 0.389 e. The summed E-state index contributed by atoms with van der Waals surface area (Å²) in [4.78, 5) is 37.9. The first-order valence-electron chi connectivity index (χ1n) is 8.42. The molecule has 1 atom stereocenters. The van der Waals surface area contributed by atoms with Crippen LogP contribution in [0.3, 0.4) is 0 Å². The Morgan fingerprint density at radius 2 is 1.88 bits per heavy atom. The van der Waals surface area contributed by atoms with Crippen LogP contribution in [0.15, 0.2) is 12.4 Å². The van der Waals surface area contributed by atoms with E-state index in [1.165, 1.54) is 13.1 Å². The lowest BCUT2D eigenvalue weighted by molar-refractivity contribution is -0.129. The molecule has 9 heteroatoms. The molecular formula is C16H23N5O4. The van der Waals surface area contributed by atoms with Crippen LogP contribution in [0.2, 0.25) is 0 Å². The summed E-state index contributed by atoms with van der Waals surface area (Å²) in [5.74, 6) is 0.296. The Morgan fingerprint density at radius 3 is 2.60 bits per heavy atom. The Hall–Kier alpha value is -2.26. The van der Waals surface area contributed by atoms with Crippen molar-refractivity contribution in [3.63, 3.8) is 0 Å². The highest BCUT2D eigenvalue weighted by Crippen LogP contribution is 2.15. The molecule has 0 spiro atoms. The van der Waals surface area contributed by atoms with Gasteiger partial charge in [-0.3, -0.25) is 14.6 Å². The molecule has 25 heavy (non-hydrogen) atoms. The molecule has 9 nitrogen and oxygen atoms in total. The fourth-order valence-corrected chi connectivity index (χ4v) is 3.02. The van der Waals surface area contributed by atoms with Gasteiger partial charge in [-0.2, -0.15) is 0 Å². The molecular weight excluding hydrogens is 326 g/mol. The van der Waals surface area contributed by atoms with E-state index < -0.39 is 6.10 Å². The van der Waals surface area contributed by atoms with Gasteiger partial charge in [0.1, 0.15) is 11.5 Å². The lowest BCUT2D eigenvalue weighted by atomic mass is 10.3. The SMILES string of the molecule is CC(=O)N1CCN(c2cncc(C(=O)N3CCOCC3)n2)CC(O)C1. The Bertz CT molecular complexity index is 635. The third-order valence-electron chi connectivity index (χ3n) is 4.41. The van der Waals surface area contributed by atoms with E-state index in [2.05, 4.69) is 9.97 Å². The topological polar surface area (TPSA) is 99.1 Å². The van der Waals surface area contributed by atoms with Crippen molar-refractivity contribution < 1.29 is 19.4 Å². The van der Waals surface area contributed by atoms with Gasteiger partial charge in [0.2, 0.25) is 5.91 Å². The van der Waals surface area contributed by atoms with E-state index in [9.17, 15) is 14.7 Å². The van der Waals surface area contributed by atoms with Crippen molar-refractivity contribution in [2.45, 2.75) is 13.0 Å². The predicted molar refractivity (Wildman–Crippen MR) is 89.2 cm³/mol. The van der Waals surface area contributed by atoms with Gasteiger partial charge in [0.15, 0.2) is 0 Å². The zero-order valence-corrected chi connectivity index (χ0v) is 14.3. The van der Waals surface area contributed by atoms with Crippen LogP contribution >= 0.6 is 0 Å². The maximum Gasteiger partial charge on any atom is 0.274 e. The number of carbonyl (C=O) groups excluding carboxylic acids is 2. The van der Waals surface area contributed by atoms with Crippen molar-refractivity contribution in [3.05, 3.63) is 18.1 Å². The molecule has 0 aliphatic carbocycles. The summed E-state index contributed by atoms with van der Waals surface area (Å²) in [6.45, 7) is 5.29. The number of anilines is 1. The molecule has 3 heterocycles. The molecule has 2 amide bonds. The predicted octanol–water partition coefficient (Wildman–Crippen LogP) is -1.02. The third kappa shape index (κ3) is 4.23. The van der Waals surface area contributed by atoms with Gasteiger partial charge in [0.05, 0.1) is 31.7 Å². The van der Waals surface area contributed by atoms with E-state index in [4.69, 9.17) is 4.74 Å². The first kappa shape index (κ1) is 17.6. The molecule has 2 saturated heterocycles. The maximum absolute atomic E-state index is 12.6. The van der Waals surface area contributed by atoms with Gasteiger partial charge >= 0.3 is 0 Å². The van der Waals surface area contributed by atoms with Crippen molar-refractivity contribution in [1.82, 2.24) is 19.8 Å². The summed E-state index contributed by atoms with van der Waals surface area (Å²) in [5.41, 5.74) is 0.279. The van der Waals surface area contributed by atoms with Crippen LogP contribution in [0.1, 0.15) is 17.4 Å². The molecule has 1 aromatic heterocycles. The Balaban J connectivity index is 1.74. The highest BCUT2D eigenvalue weighted by atomic mass is 16.5. The number of aromatic nitrogens is 2. The minimum atomic E-state index is -0.674. The molecule has 136 valence electrons. The second-order valence-corrected chi connectivity index (χ2v) is 6.23. The number of aliphatic hydroxyl groups excluding tert-OH is 1. The van der Waals surface area contributed by atoms with Crippen molar-refractivity contribution in [2.75, 3.05) is 57.4 Å². The molecule has 0 aromatic carbocycles. The first-order chi connectivity index (χ1) is 12.0. The molecule has 2 aliphatic rings. The van der Waals surface area contributed by atoms with Crippen LogP contribution in [-0.4, -0.2) is 95.3 Å². The number of carbonyl (C=O) groups is 2. The molecule has 0 bridgehead atoms. The van der Waals surface area contributed by atoms with Crippen molar-refractivity contribution >= 4 is 17.6 Å². The van der Waals surface area contributed by atoms with Crippen molar-refractivity contribution in [3.8, 4) is 0 Å². The number of hydrogen-bond acceptors (Lipinski definition) is 7. The summed E-state index contributed by atoms with van der Waals surface area (Å²) >= 11 is 0. The molecule has 2 fully saturated rings. The maximum atomic E-state index is 12.6. The molecule has 1 unspecified atom stereocenters. The second kappa shape index (κ2) is 7.75. The molecule has 2 aliphatic heterocycles. The van der Waals surface area contributed by atoms with E-state index in [0.29, 0.717) is 58.3 Å². The van der Waals surface area contributed by atoms with Gasteiger partial charge < -0.3 is 24.5 Å². The average molecular weight is 349 g/mol. The second-order valence-electron chi connectivity index (χ2n) is 6.23. The molecule has 0 saturated carbocycles. The summed E-state index contributed by atoms with van der Waals surface area (Å²) in [7, 11) is 0. The molecule has 1 N–H and O–H groups in total. The number of aliphatic hydroxyl groups is 1. The van der Waals surface area contributed by atoms with Gasteiger partial charge in [-0.25, -0.2) is 4.98 Å². The Morgan fingerprint density at radius 1 is 1.12 bits per heavy atom. The normalized spacial score (nSPS) is 21.8. The fourth-order valence-electron chi connectivity index (χ4n) is 3.02.